The molecule has 2 aromatic rings. The molecule has 0 bridgehead atoms. The third kappa shape index (κ3) is 5.21. The molecule has 0 radical (unpaired) electrons. The number of amides is 1. The van der Waals surface area contributed by atoms with Crippen molar-refractivity contribution in [3.05, 3.63) is 51.1 Å². The largest absolute Gasteiger partial charge is 0.497 e. The predicted octanol–water partition coefficient (Wildman–Crippen LogP) is 3.38. The van der Waals surface area contributed by atoms with Gasteiger partial charge in [0.05, 0.1) is 28.6 Å². The van der Waals surface area contributed by atoms with Crippen LogP contribution in [0.2, 0.25) is 0 Å². The van der Waals surface area contributed by atoms with Crippen molar-refractivity contribution >= 4 is 57.9 Å². The Morgan fingerprint density at radius 1 is 1.33 bits per heavy atom. The molecule has 0 aliphatic carbocycles. The van der Waals surface area contributed by atoms with Gasteiger partial charge in [-0.25, -0.2) is 4.79 Å². The number of carbonyl (C=O) groups is 3. The first-order valence-electron chi connectivity index (χ1n) is 9.26. The van der Waals surface area contributed by atoms with Crippen molar-refractivity contribution in [2.75, 3.05) is 7.11 Å². The highest BCUT2D eigenvalue weighted by Gasteiger charge is 2.40. The van der Waals surface area contributed by atoms with Gasteiger partial charge in [0.15, 0.2) is 0 Å². The van der Waals surface area contributed by atoms with Crippen molar-refractivity contribution in [1.29, 1.82) is 0 Å². The summed E-state index contributed by atoms with van der Waals surface area (Å²) in [6.07, 6.45) is 0.583. The van der Waals surface area contributed by atoms with Crippen molar-refractivity contribution in [2.45, 2.75) is 18.9 Å². The predicted molar refractivity (Wildman–Crippen MR) is 121 cm³/mol. The van der Waals surface area contributed by atoms with E-state index < -0.39 is 35.2 Å². The molecule has 1 aromatic carbocycles. The highest BCUT2D eigenvalue weighted by atomic mass is 32.2. The van der Waals surface area contributed by atoms with Crippen LogP contribution in [0, 0.1) is 10.1 Å². The Balaban J connectivity index is 1.88. The third-order valence-electron chi connectivity index (χ3n) is 4.62. The number of carbonyl (C=O) groups excluding carboxylic acids is 1. The fraction of sp³-hybridized carbons (Fsp3) is 0.200. The average Bonchev–Trinajstić information content (AvgIpc) is 3.32. The maximum absolute atomic E-state index is 12.8. The van der Waals surface area contributed by atoms with E-state index in [-0.39, 0.29) is 38.4 Å². The number of nitrogens with zero attached hydrogens (tertiary/aromatic N) is 2. The number of aliphatic carboxylic acids is 2. The van der Waals surface area contributed by atoms with Gasteiger partial charge in [-0.2, -0.15) is 0 Å². The van der Waals surface area contributed by atoms with Gasteiger partial charge in [0.2, 0.25) is 0 Å². The fourth-order valence-corrected chi connectivity index (χ4v) is 4.41. The number of rotatable bonds is 9. The van der Waals surface area contributed by atoms with E-state index >= 15 is 0 Å². The van der Waals surface area contributed by atoms with Crippen molar-refractivity contribution in [3.8, 4) is 17.1 Å². The molecule has 1 aliphatic rings. The fourth-order valence-electron chi connectivity index (χ4n) is 3.07. The molecule has 13 heteroatoms. The highest BCUT2D eigenvalue weighted by molar-refractivity contribution is 8.26. The number of nitro benzene ring substituents is 1. The van der Waals surface area contributed by atoms with Gasteiger partial charge in [0, 0.05) is 12.5 Å². The van der Waals surface area contributed by atoms with Crippen LogP contribution in [-0.2, 0) is 14.4 Å². The van der Waals surface area contributed by atoms with E-state index in [1.54, 1.807) is 6.07 Å². The van der Waals surface area contributed by atoms with Crippen LogP contribution in [0.1, 0.15) is 18.6 Å². The Kier molecular flexibility index (Phi) is 7.13. The second-order valence-corrected chi connectivity index (χ2v) is 8.36. The summed E-state index contributed by atoms with van der Waals surface area (Å²) in [6.45, 7) is 0. The Hall–Kier alpha value is -3.71. The molecule has 1 amide bonds. The van der Waals surface area contributed by atoms with E-state index in [1.165, 1.54) is 37.5 Å². The monoisotopic (exact) mass is 492 g/mol. The van der Waals surface area contributed by atoms with Crippen LogP contribution >= 0.6 is 24.0 Å². The first-order chi connectivity index (χ1) is 15.6. The number of hydrogen-bond donors (Lipinski definition) is 2. The first-order valence-corrected chi connectivity index (χ1v) is 10.5. The molecule has 2 heterocycles. The Bertz CT molecular complexity index is 1190. The number of hydrogen-bond acceptors (Lipinski definition) is 9. The summed E-state index contributed by atoms with van der Waals surface area (Å²) < 4.78 is 10.6. The average molecular weight is 492 g/mol. The smallest absolute Gasteiger partial charge is 0.326 e. The third-order valence-corrected chi connectivity index (χ3v) is 5.95. The first kappa shape index (κ1) is 23.9. The van der Waals surface area contributed by atoms with Gasteiger partial charge in [-0.05, 0) is 30.7 Å². The molecule has 172 valence electrons. The number of carboxylic acid groups (broad SMARTS) is 2. The van der Waals surface area contributed by atoms with Gasteiger partial charge in [0.1, 0.15) is 27.6 Å². The molecule has 1 atom stereocenters. The van der Waals surface area contributed by atoms with Crippen LogP contribution in [0.15, 0.2) is 39.7 Å². The van der Waals surface area contributed by atoms with Crippen molar-refractivity contribution in [2.24, 2.45) is 0 Å². The topological polar surface area (TPSA) is 160 Å². The second kappa shape index (κ2) is 9.83. The van der Waals surface area contributed by atoms with Crippen molar-refractivity contribution in [3.63, 3.8) is 0 Å². The van der Waals surface area contributed by atoms with Gasteiger partial charge in [0.25, 0.3) is 11.6 Å². The molecule has 0 saturated carbocycles. The summed E-state index contributed by atoms with van der Waals surface area (Å²) in [5.41, 5.74) is -0.0306. The zero-order valence-corrected chi connectivity index (χ0v) is 18.6. The number of carboxylic acids is 2. The zero-order valence-electron chi connectivity index (χ0n) is 16.9. The molecule has 1 saturated heterocycles. The van der Waals surface area contributed by atoms with Gasteiger partial charge >= 0.3 is 11.9 Å². The molecule has 1 aromatic heterocycles. The summed E-state index contributed by atoms with van der Waals surface area (Å²) in [5.74, 6) is -2.60. The number of furan rings is 1. The van der Waals surface area contributed by atoms with Crippen molar-refractivity contribution < 1.29 is 38.7 Å². The van der Waals surface area contributed by atoms with Crippen LogP contribution in [0.4, 0.5) is 5.69 Å². The molecule has 1 unspecified atom stereocenters. The summed E-state index contributed by atoms with van der Waals surface area (Å²) in [7, 11) is 1.39. The van der Waals surface area contributed by atoms with E-state index in [1.807, 2.05) is 0 Å². The lowest BCUT2D eigenvalue weighted by Gasteiger charge is -2.22. The molecular formula is C20H16N2O9S2. The van der Waals surface area contributed by atoms with E-state index in [9.17, 15) is 29.6 Å². The number of ether oxygens (including phenoxy) is 1. The number of benzene rings is 1. The Labute approximate surface area is 195 Å². The van der Waals surface area contributed by atoms with Crippen LogP contribution in [0.5, 0.6) is 5.75 Å². The summed E-state index contributed by atoms with van der Waals surface area (Å²) in [4.78, 5) is 47.0. The molecule has 3 rings (SSSR count). The minimum Gasteiger partial charge on any atom is -0.497 e. The van der Waals surface area contributed by atoms with E-state index in [0.717, 1.165) is 16.7 Å². The minimum atomic E-state index is -1.42. The van der Waals surface area contributed by atoms with Crippen molar-refractivity contribution in [1.82, 2.24) is 4.90 Å². The molecule has 2 N–H and O–H groups in total. The maximum atomic E-state index is 12.8. The zero-order chi connectivity index (χ0) is 24.3. The lowest BCUT2D eigenvalue weighted by molar-refractivity contribution is -0.384. The lowest BCUT2D eigenvalue weighted by Crippen LogP contribution is -2.44. The van der Waals surface area contributed by atoms with Gasteiger partial charge in [-0.1, -0.05) is 24.0 Å². The molecule has 1 aliphatic heterocycles. The Morgan fingerprint density at radius 3 is 2.67 bits per heavy atom. The molecule has 33 heavy (non-hydrogen) atoms. The number of thioether (sulfide) groups is 1. The second-order valence-electron chi connectivity index (χ2n) is 6.68. The van der Waals surface area contributed by atoms with Gasteiger partial charge < -0.3 is 19.4 Å². The molecular weight excluding hydrogens is 476 g/mol. The van der Waals surface area contributed by atoms with E-state index in [0.29, 0.717) is 5.75 Å². The minimum absolute atomic E-state index is 0.0263. The quantitative estimate of drug-likeness (QED) is 0.228. The molecule has 1 fully saturated rings. The van der Waals surface area contributed by atoms with Gasteiger partial charge in [-0.15, -0.1) is 0 Å². The number of methoxy groups -OCH3 is 1. The van der Waals surface area contributed by atoms with E-state index in [2.05, 4.69) is 0 Å². The van der Waals surface area contributed by atoms with Gasteiger partial charge in [-0.3, -0.25) is 24.6 Å². The highest BCUT2D eigenvalue weighted by Crippen LogP contribution is 2.37. The van der Waals surface area contributed by atoms with Crippen LogP contribution < -0.4 is 4.74 Å². The van der Waals surface area contributed by atoms with E-state index in [4.69, 9.17) is 26.5 Å². The molecule has 11 nitrogen and oxygen atoms in total. The molecule has 0 spiro atoms. The summed E-state index contributed by atoms with van der Waals surface area (Å²) >= 11 is 5.98. The standard InChI is InChI=1S/C20H16N2O9S2/c1-30-10-2-4-12(14(8-10)22(28)29)15-6-3-11(31-15)9-16-18(25)21(20(32)33-16)13(19(26)27)5-7-17(23)24/h2-4,6,8-9,13H,5,7H2,1H3,(H,23,24)(H,26,27). The normalized spacial score (nSPS) is 15.7. The summed E-state index contributed by atoms with van der Waals surface area (Å²) in [5, 5.41) is 29.7. The lowest BCUT2D eigenvalue weighted by atomic mass is 10.1. The number of thiocarbonyl (C=S) groups is 1. The van der Waals surface area contributed by atoms with Crippen LogP contribution in [0.25, 0.3) is 17.4 Å². The summed E-state index contributed by atoms with van der Waals surface area (Å²) in [6, 6.07) is 5.83. The Morgan fingerprint density at radius 2 is 2.06 bits per heavy atom. The van der Waals surface area contributed by atoms with Crippen LogP contribution in [0.3, 0.4) is 0 Å². The number of nitro groups is 1. The maximum Gasteiger partial charge on any atom is 0.326 e. The van der Waals surface area contributed by atoms with Crippen LogP contribution in [-0.4, -0.2) is 55.4 Å². The SMILES string of the molecule is COc1ccc(-c2ccc(C=C3SC(=S)N(C(CCC(=O)O)C(=O)O)C3=O)o2)c([N+](=O)[O-])c1.